The highest BCUT2D eigenvalue weighted by atomic mass is 19.2. The quantitative estimate of drug-likeness (QED) is 0.780. The molecule has 4 nitrogen and oxygen atoms in total. The van der Waals surface area contributed by atoms with Gasteiger partial charge in [0.15, 0.2) is 11.6 Å². The van der Waals surface area contributed by atoms with E-state index in [9.17, 15) is 18.7 Å². The highest BCUT2D eigenvalue weighted by molar-refractivity contribution is 5.78. The molecule has 0 saturated heterocycles. The van der Waals surface area contributed by atoms with Gasteiger partial charge >= 0.3 is 0 Å². The maximum Gasteiger partial charge on any atom is 0.224 e. The van der Waals surface area contributed by atoms with Crippen LogP contribution in [-0.4, -0.2) is 37.4 Å². The summed E-state index contributed by atoms with van der Waals surface area (Å²) in [5, 5.41) is 11.9. The first-order chi connectivity index (χ1) is 9.02. The van der Waals surface area contributed by atoms with Gasteiger partial charge in [0.1, 0.15) is 0 Å². The molecule has 0 aromatic heterocycles. The third kappa shape index (κ3) is 5.76. The molecule has 1 rings (SSSR count). The van der Waals surface area contributed by atoms with Gasteiger partial charge in [0.2, 0.25) is 5.91 Å². The molecule has 19 heavy (non-hydrogen) atoms. The van der Waals surface area contributed by atoms with E-state index in [2.05, 4.69) is 5.32 Å². The van der Waals surface area contributed by atoms with Crippen LogP contribution in [0, 0.1) is 11.6 Å². The lowest BCUT2D eigenvalue weighted by Crippen LogP contribution is -2.29. The van der Waals surface area contributed by atoms with Crippen molar-refractivity contribution in [2.24, 2.45) is 0 Å². The van der Waals surface area contributed by atoms with E-state index in [-0.39, 0.29) is 18.9 Å². The summed E-state index contributed by atoms with van der Waals surface area (Å²) in [6.07, 6.45) is -0.289. The number of aliphatic hydroxyl groups excluding tert-OH is 1. The predicted molar refractivity (Wildman–Crippen MR) is 65.6 cm³/mol. The number of methoxy groups -OCH3 is 1. The van der Waals surface area contributed by atoms with Gasteiger partial charge in [-0.1, -0.05) is 6.07 Å². The van der Waals surface area contributed by atoms with Crippen LogP contribution in [0.1, 0.15) is 12.0 Å². The zero-order valence-corrected chi connectivity index (χ0v) is 10.7. The van der Waals surface area contributed by atoms with Crippen LogP contribution in [0.15, 0.2) is 18.2 Å². The van der Waals surface area contributed by atoms with Crippen molar-refractivity contribution in [2.45, 2.75) is 18.9 Å². The lowest BCUT2D eigenvalue weighted by Gasteiger charge is -2.10. The molecule has 1 amide bonds. The average molecular weight is 273 g/mol. The van der Waals surface area contributed by atoms with Gasteiger partial charge in [-0.05, 0) is 24.1 Å². The molecule has 0 bridgehead atoms. The maximum atomic E-state index is 12.9. The first-order valence-electron chi connectivity index (χ1n) is 5.90. The molecule has 0 aliphatic carbocycles. The number of nitrogens with one attached hydrogen (secondary N) is 1. The summed E-state index contributed by atoms with van der Waals surface area (Å²) in [6.45, 7) is 0.506. The summed E-state index contributed by atoms with van der Waals surface area (Å²) < 4.78 is 30.3. The molecule has 2 N–H and O–H groups in total. The summed E-state index contributed by atoms with van der Waals surface area (Å²) in [5.41, 5.74) is 0.397. The Bertz CT molecular complexity index is 426. The van der Waals surface area contributed by atoms with Crippen molar-refractivity contribution in [1.82, 2.24) is 5.32 Å². The third-order valence-corrected chi connectivity index (χ3v) is 2.51. The van der Waals surface area contributed by atoms with Gasteiger partial charge in [-0.2, -0.15) is 0 Å². The van der Waals surface area contributed by atoms with Crippen molar-refractivity contribution in [3.63, 3.8) is 0 Å². The summed E-state index contributed by atoms with van der Waals surface area (Å²) >= 11 is 0. The average Bonchev–Trinajstić information content (AvgIpc) is 2.34. The summed E-state index contributed by atoms with van der Waals surface area (Å²) in [7, 11) is 1.48. The van der Waals surface area contributed by atoms with Crippen LogP contribution in [0.25, 0.3) is 0 Å². The Labute approximate surface area is 110 Å². The molecule has 0 aliphatic rings. The van der Waals surface area contributed by atoms with Crippen LogP contribution in [0.4, 0.5) is 8.78 Å². The minimum absolute atomic E-state index is 0.0302. The van der Waals surface area contributed by atoms with Crippen LogP contribution in [0.3, 0.4) is 0 Å². The highest BCUT2D eigenvalue weighted by Gasteiger charge is 2.08. The SMILES string of the molecule is COCC(O)CCNC(=O)Cc1ccc(F)c(F)c1. The molecule has 6 heteroatoms. The molecule has 1 atom stereocenters. The lowest BCUT2D eigenvalue weighted by molar-refractivity contribution is -0.120. The zero-order chi connectivity index (χ0) is 14.3. The molecule has 0 fully saturated rings. The molecular formula is C13H17F2NO3. The van der Waals surface area contributed by atoms with Gasteiger partial charge in [-0.15, -0.1) is 0 Å². The van der Waals surface area contributed by atoms with E-state index in [4.69, 9.17) is 4.74 Å². The van der Waals surface area contributed by atoms with Crippen LogP contribution < -0.4 is 5.32 Å². The highest BCUT2D eigenvalue weighted by Crippen LogP contribution is 2.09. The number of aliphatic hydroxyl groups is 1. The standard InChI is InChI=1S/C13H17F2NO3/c1-19-8-10(17)4-5-16-13(18)7-9-2-3-11(14)12(15)6-9/h2-3,6,10,17H,4-5,7-8H2,1H3,(H,16,18). The number of carbonyl (C=O) groups excluding carboxylic acids is 1. The second-order valence-electron chi connectivity index (χ2n) is 4.17. The molecule has 0 radical (unpaired) electrons. The first kappa shape index (κ1) is 15.5. The molecule has 1 aromatic rings. The van der Waals surface area contributed by atoms with E-state index < -0.39 is 17.7 Å². The van der Waals surface area contributed by atoms with E-state index in [0.29, 0.717) is 18.5 Å². The van der Waals surface area contributed by atoms with Gasteiger partial charge in [0.05, 0.1) is 19.1 Å². The number of halogens is 2. The Morgan fingerprint density at radius 3 is 2.79 bits per heavy atom. The molecule has 0 spiro atoms. The summed E-state index contributed by atoms with van der Waals surface area (Å²) in [4.78, 5) is 11.5. The molecular weight excluding hydrogens is 256 g/mol. The van der Waals surface area contributed by atoms with Crippen molar-refractivity contribution in [2.75, 3.05) is 20.3 Å². The topological polar surface area (TPSA) is 58.6 Å². The van der Waals surface area contributed by atoms with Crippen LogP contribution in [-0.2, 0) is 16.0 Å². The van der Waals surface area contributed by atoms with Crippen molar-refractivity contribution >= 4 is 5.91 Å². The number of rotatable bonds is 7. The fourth-order valence-electron chi connectivity index (χ4n) is 1.55. The Morgan fingerprint density at radius 2 is 2.16 bits per heavy atom. The smallest absolute Gasteiger partial charge is 0.224 e. The Hall–Kier alpha value is -1.53. The number of amides is 1. The van der Waals surface area contributed by atoms with E-state index in [1.807, 2.05) is 0 Å². The number of hydrogen-bond donors (Lipinski definition) is 2. The van der Waals surface area contributed by atoms with E-state index in [0.717, 1.165) is 12.1 Å². The Kier molecular flexibility index (Phi) is 6.38. The third-order valence-electron chi connectivity index (χ3n) is 2.51. The molecule has 0 saturated carbocycles. The van der Waals surface area contributed by atoms with Crippen LogP contribution >= 0.6 is 0 Å². The van der Waals surface area contributed by atoms with Crippen LogP contribution in [0.5, 0.6) is 0 Å². The largest absolute Gasteiger partial charge is 0.391 e. The Morgan fingerprint density at radius 1 is 1.42 bits per heavy atom. The molecule has 0 aliphatic heterocycles. The zero-order valence-electron chi connectivity index (χ0n) is 10.7. The normalized spacial score (nSPS) is 12.2. The number of carbonyl (C=O) groups is 1. The first-order valence-corrected chi connectivity index (χ1v) is 5.90. The van der Waals surface area contributed by atoms with Gasteiger partial charge in [0, 0.05) is 13.7 Å². The second-order valence-corrected chi connectivity index (χ2v) is 4.17. The lowest BCUT2D eigenvalue weighted by atomic mass is 10.1. The van der Waals surface area contributed by atoms with Gasteiger partial charge in [0.25, 0.3) is 0 Å². The van der Waals surface area contributed by atoms with E-state index >= 15 is 0 Å². The Balaban J connectivity index is 2.33. The monoisotopic (exact) mass is 273 g/mol. The molecule has 1 aromatic carbocycles. The van der Waals surface area contributed by atoms with Crippen molar-refractivity contribution < 1.29 is 23.4 Å². The van der Waals surface area contributed by atoms with Gasteiger partial charge in [-0.25, -0.2) is 8.78 Å². The van der Waals surface area contributed by atoms with Crippen molar-refractivity contribution in [1.29, 1.82) is 0 Å². The summed E-state index contributed by atoms with van der Waals surface area (Å²) in [5.74, 6) is -2.22. The van der Waals surface area contributed by atoms with Gasteiger partial charge < -0.3 is 15.2 Å². The van der Waals surface area contributed by atoms with Crippen molar-refractivity contribution in [3.05, 3.63) is 35.4 Å². The summed E-state index contributed by atoms with van der Waals surface area (Å²) in [6, 6.07) is 3.34. The fourth-order valence-corrected chi connectivity index (χ4v) is 1.55. The second kappa shape index (κ2) is 7.81. The van der Waals surface area contributed by atoms with E-state index in [1.165, 1.54) is 13.2 Å². The fraction of sp³-hybridized carbons (Fsp3) is 0.462. The molecule has 1 unspecified atom stereocenters. The van der Waals surface area contributed by atoms with Crippen molar-refractivity contribution in [3.8, 4) is 0 Å². The molecule has 0 heterocycles. The van der Waals surface area contributed by atoms with Crippen LogP contribution in [0.2, 0.25) is 0 Å². The number of benzene rings is 1. The molecule has 106 valence electrons. The van der Waals surface area contributed by atoms with E-state index in [1.54, 1.807) is 0 Å². The van der Waals surface area contributed by atoms with Gasteiger partial charge in [-0.3, -0.25) is 4.79 Å². The minimum atomic E-state index is -0.971. The minimum Gasteiger partial charge on any atom is -0.391 e. The number of hydrogen-bond acceptors (Lipinski definition) is 3. The predicted octanol–water partition coefficient (Wildman–Crippen LogP) is 1.02. The maximum absolute atomic E-state index is 12.9. The number of ether oxygens (including phenoxy) is 1.